The minimum atomic E-state index is -2.88. The lowest BCUT2D eigenvalue weighted by molar-refractivity contribution is -0.126. The summed E-state index contributed by atoms with van der Waals surface area (Å²) in [5, 5.41) is 15.5. The van der Waals surface area contributed by atoms with Gasteiger partial charge in [0.25, 0.3) is 6.43 Å². The van der Waals surface area contributed by atoms with E-state index in [9.17, 15) is 18.0 Å². The molecule has 0 radical (unpaired) electrons. The van der Waals surface area contributed by atoms with Crippen LogP contribution in [0.3, 0.4) is 0 Å². The smallest absolute Gasteiger partial charge is 0.266 e. The number of carbonyl (C=O) groups excluding carboxylic acids is 1. The molecule has 0 saturated carbocycles. The lowest BCUT2D eigenvalue weighted by Gasteiger charge is -2.34. The Kier molecular flexibility index (Phi) is 7.97. The van der Waals surface area contributed by atoms with Crippen LogP contribution < -0.4 is 15.5 Å². The number of alkyl halides is 2. The highest BCUT2D eigenvalue weighted by atomic mass is 19.3. The first-order valence-corrected chi connectivity index (χ1v) is 13.1. The molecule has 0 bridgehead atoms. The maximum Gasteiger partial charge on any atom is 0.266 e. The van der Waals surface area contributed by atoms with E-state index in [0.29, 0.717) is 24.4 Å². The average molecular weight is 528 g/mol. The molecule has 5 rings (SSSR count). The summed E-state index contributed by atoms with van der Waals surface area (Å²) in [4.78, 5) is 15.0. The van der Waals surface area contributed by atoms with Crippen molar-refractivity contribution in [2.45, 2.75) is 51.1 Å². The van der Waals surface area contributed by atoms with Crippen LogP contribution in [0.2, 0.25) is 0 Å². The Morgan fingerprint density at radius 3 is 2.55 bits per heavy atom. The van der Waals surface area contributed by atoms with Gasteiger partial charge >= 0.3 is 0 Å². The van der Waals surface area contributed by atoms with Gasteiger partial charge in [-0.05, 0) is 50.8 Å². The first-order chi connectivity index (χ1) is 18.4. The van der Waals surface area contributed by atoms with Crippen LogP contribution in [0.1, 0.15) is 56.2 Å². The fraction of sp³-hybridized carbons (Fsp3) is 0.464. The Labute approximate surface area is 219 Å². The van der Waals surface area contributed by atoms with Crippen molar-refractivity contribution in [3.8, 4) is 0 Å². The molecular weight excluding hydrogens is 495 g/mol. The van der Waals surface area contributed by atoms with Gasteiger partial charge in [-0.3, -0.25) is 4.79 Å². The van der Waals surface area contributed by atoms with Gasteiger partial charge in [0.1, 0.15) is 5.82 Å². The molecule has 2 aromatic carbocycles. The number of hydrogen-bond donors (Lipinski definition) is 2. The Morgan fingerprint density at radius 2 is 1.82 bits per heavy atom. The van der Waals surface area contributed by atoms with Gasteiger partial charge in [-0.15, -0.1) is 0 Å². The van der Waals surface area contributed by atoms with Crippen molar-refractivity contribution >= 4 is 28.2 Å². The second kappa shape index (κ2) is 11.6. The maximum atomic E-state index is 14.7. The summed E-state index contributed by atoms with van der Waals surface area (Å²) in [5.41, 5.74) is 1.84. The zero-order chi connectivity index (χ0) is 26.6. The molecule has 2 aliphatic rings. The highest BCUT2D eigenvalue weighted by Crippen LogP contribution is 2.33. The minimum Gasteiger partial charge on any atom is -0.381 e. The molecule has 0 unspecified atom stereocenters. The molecule has 0 spiro atoms. The highest BCUT2D eigenvalue weighted by Gasteiger charge is 2.27. The van der Waals surface area contributed by atoms with Crippen LogP contribution in [-0.4, -0.2) is 48.4 Å². The number of aromatic nitrogens is 2. The first-order valence-electron chi connectivity index (χ1n) is 13.1. The summed E-state index contributed by atoms with van der Waals surface area (Å²) in [6, 6.07) is 9.55. The highest BCUT2D eigenvalue weighted by molar-refractivity contribution is 5.93. The minimum absolute atomic E-state index is 0.00241. The fourth-order valence-electron chi connectivity index (χ4n) is 5.30. The van der Waals surface area contributed by atoms with Crippen LogP contribution in [0.15, 0.2) is 42.6 Å². The molecule has 2 saturated heterocycles. The largest absolute Gasteiger partial charge is 0.381 e. The molecule has 1 aromatic heterocycles. The summed E-state index contributed by atoms with van der Waals surface area (Å²) in [6.45, 7) is 4.62. The predicted molar refractivity (Wildman–Crippen MR) is 140 cm³/mol. The second-order valence-electron chi connectivity index (χ2n) is 10.0. The van der Waals surface area contributed by atoms with E-state index in [4.69, 9.17) is 4.74 Å². The molecule has 2 N–H and O–H groups in total. The standard InChI is InChI=1S/C28H32F3N5O2/c1-17(21-3-2-4-22(26(21)29)27(30)31)33-25-16-32-35-24-6-5-20(15-23(24)25)36-11-7-18(8-12-36)28(37)34-19-9-13-38-14-10-19/h2-6,15-19,27H,7-14H2,1H3,(H,33,35)(H,34,37)/t17-/m1/s1. The summed E-state index contributed by atoms with van der Waals surface area (Å²) in [6.07, 6.45) is 1.94. The number of fused-ring (bicyclic) bond motifs is 1. The summed E-state index contributed by atoms with van der Waals surface area (Å²) in [5.74, 6) is -0.774. The molecule has 7 nitrogen and oxygen atoms in total. The molecule has 0 aliphatic carbocycles. The van der Waals surface area contributed by atoms with Gasteiger partial charge in [-0.1, -0.05) is 18.2 Å². The molecule has 10 heteroatoms. The van der Waals surface area contributed by atoms with Gasteiger partial charge in [0, 0.05) is 54.9 Å². The Morgan fingerprint density at radius 1 is 1.08 bits per heavy atom. The number of rotatable bonds is 7. The monoisotopic (exact) mass is 527 g/mol. The number of anilines is 2. The van der Waals surface area contributed by atoms with Crippen molar-refractivity contribution in [1.29, 1.82) is 0 Å². The molecule has 1 amide bonds. The lowest BCUT2D eigenvalue weighted by atomic mass is 9.94. The number of nitrogens with one attached hydrogen (secondary N) is 2. The van der Waals surface area contributed by atoms with E-state index in [1.54, 1.807) is 13.1 Å². The maximum absolute atomic E-state index is 14.7. The van der Waals surface area contributed by atoms with Gasteiger partial charge in [0.05, 0.1) is 29.0 Å². The number of nitrogens with zero attached hydrogens (tertiary/aromatic N) is 3. The molecule has 202 valence electrons. The van der Waals surface area contributed by atoms with Crippen molar-refractivity contribution in [2.24, 2.45) is 5.92 Å². The van der Waals surface area contributed by atoms with Crippen LogP contribution in [-0.2, 0) is 9.53 Å². The number of benzene rings is 2. The summed E-state index contributed by atoms with van der Waals surface area (Å²) >= 11 is 0. The number of piperidine rings is 1. The molecule has 2 fully saturated rings. The number of amides is 1. The first kappa shape index (κ1) is 26.2. The molecule has 38 heavy (non-hydrogen) atoms. The van der Waals surface area contributed by atoms with Crippen molar-refractivity contribution in [2.75, 3.05) is 36.5 Å². The lowest BCUT2D eigenvalue weighted by Crippen LogP contribution is -2.45. The Hall–Kier alpha value is -3.40. The third-order valence-electron chi connectivity index (χ3n) is 7.55. The summed E-state index contributed by atoms with van der Waals surface area (Å²) in [7, 11) is 0. The van der Waals surface area contributed by atoms with E-state index in [0.717, 1.165) is 55.9 Å². The number of halogens is 3. The predicted octanol–water partition coefficient (Wildman–Crippen LogP) is 5.39. The van der Waals surface area contributed by atoms with Crippen molar-refractivity contribution in [1.82, 2.24) is 15.5 Å². The van der Waals surface area contributed by atoms with Gasteiger partial charge in [0.2, 0.25) is 5.91 Å². The van der Waals surface area contributed by atoms with E-state index in [1.165, 1.54) is 12.1 Å². The number of hydrogen-bond acceptors (Lipinski definition) is 6. The van der Waals surface area contributed by atoms with E-state index in [-0.39, 0.29) is 23.4 Å². The van der Waals surface area contributed by atoms with Crippen molar-refractivity contribution in [3.05, 3.63) is 59.5 Å². The van der Waals surface area contributed by atoms with E-state index < -0.39 is 23.8 Å². The Bertz CT molecular complexity index is 1280. The van der Waals surface area contributed by atoms with Crippen molar-refractivity contribution < 1.29 is 22.7 Å². The van der Waals surface area contributed by atoms with Crippen LogP contribution in [0.25, 0.3) is 10.9 Å². The van der Waals surface area contributed by atoms with Gasteiger partial charge in [-0.25, -0.2) is 13.2 Å². The topological polar surface area (TPSA) is 79.4 Å². The van der Waals surface area contributed by atoms with Gasteiger partial charge in [-0.2, -0.15) is 10.2 Å². The fourth-order valence-corrected chi connectivity index (χ4v) is 5.30. The van der Waals surface area contributed by atoms with E-state index in [1.807, 2.05) is 18.2 Å². The van der Waals surface area contributed by atoms with Crippen molar-refractivity contribution in [3.63, 3.8) is 0 Å². The molecule has 3 heterocycles. The molecule has 1 atom stereocenters. The quantitative estimate of drug-likeness (QED) is 0.429. The van der Waals surface area contributed by atoms with Crippen LogP contribution >= 0.6 is 0 Å². The zero-order valence-corrected chi connectivity index (χ0v) is 21.3. The second-order valence-corrected chi connectivity index (χ2v) is 10.0. The van der Waals surface area contributed by atoms with Crippen LogP contribution in [0.5, 0.6) is 0 Å². The SMILES string of the molecule is C[C@@H](Nc1cnnc2ccc(N3CCC(C(=O)NC4CCOCC4)CC3)cc12)c1cccc(C(F)F)c1F. The average Bonchev–Trinajstić information content (AvgIpc) is 2.93. The van der Waals surface area contributed by atoms with Gasteiger partial charge < -0.3 is 20.3 Å². The third kappa shape index (κ3) is 5.70. The van der Waals surface area contributed by atoms with Crippen LogP contribution in [0.4, 0.5) is 24.5 Å². The molecule has 3 aromatic rings. The molecule has 2 aliphatic heterocycles. The number of ether oxygens (including phenoxy) is 1. The molecular formula is C28H32F3N5O2. The normalized spacial score (nSPS) is 18.1. The van der Waals surface area contributed by atoms with E-state index >= 15 is 0 Å². The zero-order valence-electron chi connectivity index (χ0n) is 21.3. The number of carbonyl (C=O) groups is 1. The van der Waals surface area contributed by atoms with E-state index in [2.05, 4.69) is 25.7 Å². The van der Waals surface area contributed by atoms with Gasteiger partial charge in [0.15, 0.2) is 0 Å². The Balaban J connectivity index is 1.28. The van der Waals surface area contributed by atoms with Crippen LogP contribution in [0, 0.1) is 11.7 Å². The summed E-state index contributed by atoms with van der Waals surface area (Å²) < 4.78 is 46.5. The third-order valence-corrected chi connectivity index (χ3v) is 7.55.